The molecule has 18 heavy (non-hydrogen) atoms. The van der Waals surface area contributed by atoms with E-state index >= 15 is 0 Å². The lowest BCUT2D eigenvalue weighted by atomic mass is 10.1. The van der Waals surface area contributed by atoms with E-state index in [4.69, 9.17) is 0 Å². The molecule has 3 aromatic rings. The second-order valence-corrected chi connectivity index (χ2v) is 4.27. The van der Waals surface area contributed by atoms with Crippen LogP contribution in [0.4, 0.5) is 0 Å². The van der Waals surface area contributed by atoms with Gasteiger partial charge < -0.3 is 0 Å². The number of H-pyrrole nitrogens is 1. The number of imidazole rings is 1. The van der Waals surface area contributed by atoms with Crippen molar-refractivity contribution in [3.05, 3.63) is 41.2 Å². The molecular weight excluding hydrogens is 228 g/mol. The number of nitrogens with one attached hydrogen (secondary N) is 1. The molecule has 0 saturated heterocycles. The molecule has 2 aromatic heterocycles. The van der Waals surface area contributed by atoms with Crippen LogP contribution in [0.5, 0.6) is 0 Å². The molecule has 0 fully saturated rings. The zero-order chi connectivity index (χ0) is 12.7. The molecule has 0 radical (unpaired) electrons. The van der Waals surface area contributed by atoms with Gasteiger partial charge in [0.1, 0.15) is 5.69 Å². The van der Waals surface area contributed by atoms with Crippen molar-refractivity contribution >= 4 is 12.1 Å². The van der Waals surface area contributed by atoms with Crippen molar-refractivity contribution in [2.45, 2.75) is 13.8 Å². The largest absolute Gasteiger partial charge is 0.296 e. The summed E-state index contributed by atoms with van der Waals surface area (Å²) in [5.74, 6) is 1.23. The fraction of sp³-hybridized carbons (Fsp3) is 0.154. The number of aromatic amines is 1. The Morgan fingerprint density at radius 3 is 2.56 bits per heavy atom. The van der Waals surface area contributed by atoms with Gasteiger partial charge in [0.05, 0.1) is 5.69 Å². The summed E-state index contributed by atoms with van der Waals surface area (Å²) in [6.07, 6.45) is 0.784. The van der Waals surface area contributed by atoms with E-state index in [1.165, 1.54) is 5.56 Å². The van der Waals surface area contributed by atoms with Crippen molar-refractivity contribution in [2.75, 3.05) is 0 Å². The minimum absolute atomic E-state index is 0.510. The SMILES string of the molecule is Cc1ccc(-c2nc3nc(C)c(C=O)n3[nH]2)cc1. The van der Waals surface area contributed by atoms with Crippen molar-refractivity contribution in [1.82, 2.24) is 19.6 Å². The Morgan fingerprint density at radius 1 is 1.17 bits per heavy atom. The monoisotopic (exact) mass is 240 g/mol. The molecule has 0 aliphatic rings. The topological polar surface area (TPSA) is 63.1 Å². The van der Waals surface area contributed by atoms with Crippen molar-refractivity contribution in [2.24, 2.45) is 0 Å². The van der Waals surface area contributed by atoms with Gasteiger partial charge >= 0.3 is 0 Å². The van der Waals surface area contributed by atoms with Crippen LogP contribution in [0.3, 0.4) is 0 Å². The molecule has 2 heterocycles. The first kappa shape index (κ1) is 10.7. The highest BCUT2D eigenvalue weighted by molar-refractivity contribution is 5.76. The summed E-state index contributed by atoms with van der Waals surface area (Å²) in [5.41, 5.74) is 3.36. The van der Waals surface area contributed by atoms with Gasteiger partial charge in [0.2, 0.25) is 0 Å². The molecule has 5 heteroatoms. The molecule has 1 aromatic carbocycles. The van der Waals surface area contributed by atoms with Crippen LogP contribution in [0.25, 0.3) is 17.2 Å². The highest BCUT2D eigenvalue weighted by Crippen LogP contribution is 2.18. The molecular formula is C13H12N4O. The van der Waals surface area contributed by atoms with Crippen LogP contribution in [0.15, 0.2) is 24.3 Å². The van der Waals surface area contributed by atoms with E-state index in [9.17, 15) is 4.79 Å². The molecule has 0 aliphatic carbocycles. The molecule has 1 N–H and O–H groups in total. The minimum Gasteiger partial charge on any atom is -0.296 e. The van der Waals surface area contributed by atoms with Gasteiger partial charge in [0.15, 0.2) is 12.1 Å². The number of aldehydes is 1. The summed E-state index contributed by atoms with van der Waals surface area (Å²) in [4.78, 5) is 19.6. The summed E-state index contributed by atoms with van der Waals surface area (Å²) in [6.45, 7) is 3.82. The van der Waals surface area contributed by atoms with E-state index in [2.05, 4.69) is 15.1 Å². The van der Waals surface area contributed by atoms with Crippen LogP contribution in [0.1, 0.15) is 21.7 Å². The van der Waals surface area contributed by atoms with E-state index < -0.39 is 0 Å². The zero-order valence-corrected chi connectivity index (χ0v) is 10.1. The van der Waals surface area contributed by atoms with Gasteiger partial charge in [-0.2, -0.15) is 4.98 Å². The normalized spacial score (nSPS) is 11.0. The first-order chi connectivity index (χ1) is 8.69. The zero-order valence-electron chi connectivity index (χ0n) is 10.1. The standard InChI is InChI=1S/C13H12N4O/c1-8-3-5-10(6-4-8)12-15-13-14-9(2)11(7-18)17(13)16-12/h3-7H,1-2H3,(H,14,15,16). The maximum Gasteiger partial charge on any atom is 0.251 e. The van der Waals surface area contributed by atoms with Crippen LogP contribution >= 0.6 is 0 Å². The molecule has 0 aliphatic heterocycles. The van der Waals surface area contributed by atoms with Gasteiger partial charge in [0.25, 0.3) is 5.78 Å². The van der Waals surface area contributed by atoms with Crippen LogP contribution in [-0.2, 0) is 0 Å². The van der Waals surface area contributed by atoms with Crippen LogP contribution in [-0.4, -0.2) is 25.9 Å². The number of aryl methyl sites for hydroxylation is 2. The average molecular weight is 240 g/mol. The van der Waals surface area contributed by atoms with E-state index in [1.54, 1.807) is 11.4 Å². The van der Waals surface area contributed by atoms with Gasteiger partial charge in [-0.25, -0.2) is 9.50 Å². The lowest BCUT2D eigenvalue weighted by molar-refractivity contribution is 0.111. The summed E-state index contributed by atoms with van der Waals surface area (Å²) in [6, 6.07) is 8.01. The van der Waals surface area contributed by atoms with Gasteiger partial charge in [-0.05, 0) is 13.8 Å². The van der Waals surface area contributed by atoms with Crippen LogP contribution in [0, 0.1) is 13.8 Å². The molecule has 0 spiro atoms. The quantitative estimate of drug-likeness (QED) is 0.698. The number of hydrogen-bond acceptors (Lipinski definition) is 3. The maximum atomic E-state index is 11.0. The second kappa shape index (κ2) is 3.80. The van der Waals surface area contributed by atoms with Gasteiger partial charge in [-0.1, -0.05) is 29.8 Å². The van der Waals surface area contributed by atoms with Crippen LogP contribution < -0.4 is 0 Å². The summed E-state index contributed by atoms with van der Waals surface area (Å²) < 4.78 is 1.61. The molecule has 0 saturated carbocycles. The van der Waals surface area contributed by atoms with Gasteiger partial charge in [0, 0.05) is 5.56 Å². The summed E-state index contributed by atoms with van der Waals surface area (Å²) >= 11 is 0. The molecule has 3 rings (SSSR count). The van der Waals surface area contributed by atoms with Crippen molar-refractivity contribution < 1.29 is 4.79 Å². The Morgan fingerprint density at radius 2 is 1.89 bits per heavy atom. The lowest BCUT2D eigenvalue weighted by Gasteiger charge is -1.97. The first-order valence-electron chi connectivity index (χ1n) is 5.66. The van der Waals surface area contributed by atoms with Crippen molar-refractivity contribution in [3.8, 4) is 11.4 Å². The Hall–Kier alpha value is -2.43. The number of nitrogens with zero attached hydrogens (tertiary/aromatic N) is 3. The number of rotatable bonds is 2. The highest BCUT2D eigenvalue weighted by Gasteiger charge is 2.12. The number of carbonyl (C=O) groups excluding carboxylic acids is 1. The fourth-order valence-electron chi connectivity index (χ4n) is 1.92. The number of fused-ring (bicyclic) bond motifs is 1. The predicted molar refractivity (Wildman–Crippen MR) is 67.6 cm³/mol. The number of carbonyl (C=O) groups is 1. The molecule has 90 valence electrons. The highest BCUT2D eigenvalue weighted by atomic mass is 16.1. The summed E-state index contributed by atoms with van der Waals surface area (Å²) in [5, 5.41) is 3.08. The smallest absolute Gasteiger partial charge is 0.251 e. The average Bonchev–Trinajstić information content (AvgIpc) is 2.86. The van der Waals surface area contributed by atoms with E-state index in [0.29, 0.717) is 23.0 Å². The lowest BCUT2D eigenvalue weighted by Crippen LogP contribution is -1.93. The number of aromatic nitrogens is 4. The third-order valence-corrected chi connectivity index (χ3v) is 2.95. The van der Waals surface area contributed by atoms with Crippen LogP contribution in [0.2, 0.25) is 0 Å². The van der Waals surface area contributed by atoms with Crippen molar-refractivity contribution in [3.63, 3.8) is 0 Å². The second-order valence-electron chi connectivity index (χ2n) is 4.27. The van der Waals surface area contributed by atoms with Gasteiger partial charge in [-0.15, -0.1) is 0 Å². The summed E-state index contributed by atoms with van der Waals surface area (Å²) in [7, 11) is 0. The van der Waals surface area contributed by atoms with Crippen molar-refractivity contribution in [1.29, 1.82) is 0 Å². The Kier molecular flexibility index (Phi) is 2.26. The predicted octanol–water partition coefficient (Wildman–Crippen LogP) is 2.15. The first-order valence-corrected chi connectivity index (χ1v) is 5.66. The Labute approximate surface area is 103 Å². The third-order valence-electron chi connectivity index (χ3n) is 2.95. The third kappa shape index (κ3) is 1.52. The van der Waals surface area contributed by atoms with E-state index in [1.807, 2.05) is 31.2 Å². The minimum atomic E-state index is 0.510. The molecule has 0 atom stereocenters. The van der Waals surface area contributed by atoms with Gasteiger partial charge in [-0.3, -0.25) is 9.89 Å². The molecule has 0 amide bonds. The maximum absolute atomic E-state index is 11.0. The number of hydrogen-bond donors (Lipinski definition) is 1. The van der Waals surface area contributed by atoms with E-state index in [-0.39, 0.29) is 0 Å². The Bertz CT molecular complexity index is 721. The number of benzene rings is 1. The molecule has 5 nitrogen and oxygen atoms in total. The van der Waals surface area contributed by atoms with E-state index in [0.717, 1.165) is 11.8 Å². The Balaban J connectivity index is 2.16. The molecule has 0 bridgehead atoms. The fourth-order valence-corrected chi connectivity index (χ4v) is 1.92. The molecule has 0 unspecified atom stereocenters.